The maximum atomic E-state index is 9.81. The largest absolute Gasteiger partial charge is 0.493 e. The maximum absolute atomic E-state index is 9.81. The Hall–Kier alpha value is -1.02. The average molecular weight is 262 g/mol. The molecule has 2 nitrogen and oxygen atoms in total. The minimum atomic E-state index is -0.110. The van der Waals surface area contributed by atoms with Gasteiger partial charge in [0.2, 0.25) is 0 Å². The van der Waals surface area contributed by atoms with Gasteiger partial charge in [-0.25, -0.2) is 0 Å². The van der Waals surface area contributed by atoms with Crippen LogP contribution >= 0.6 is 0 Å². The smallest absolute Gasteiger partial charge is 0.123 e. The number of aliphatic hydroxyl groups excluding tert-OH is 1. The first-order valence-corrected chi connectivity index (χ1v) is 7.39. The number of rotatable bonds is 4. The van der Waals surface area contributed by atoms with Crippen LogP contribution in [0.25, 0.3) is 0 Å². The Balaban J connectivity index is 1.92. The van der Waals surface area contributed by atoms with Gasteiger partial charge in [0.15, 0.2) is 0 Å². The normalized spacial score (nSPS) is 23.6. The summed E-state index contributed by atoms with van der Waals surface area (Å²) in [4.78, 5) is 0. The molecule has 0 saturated heterocycles. The van der Waals surface area contributed by atoms with Gasteiger partial charge in [-0.3, -0.25) is 0 Å². The molecule has 0 spiro atoms. The number of hydrogen-bond acceptors (Lipinski definition) is 2. The van der Waals surface area contributed by atoms with Crippen molar-refractivity contribution in [2.75, 3.05) is 6.61 Å². The van der Waals surface area contributed by atoms with E-state index in [9.17, 15) is 5.11 Å². The monoisotopic (exact) mass is 262 g/mol. The summed E-state index contributed by atoms with van der Waals surface area (Å²) in [5, 5.41) is 9.81. The van der Waals surface area contributed by atoms with Crippen LogP contribution in [0.3, 0.4) is 0 Å². The van der Waals surface area contributed by atoms with Gasteiger partial charge in [0, 0.05) is 0 Å². The molecule has 0 bridgehead atoms. The van der Waals surface area contributed by atoms with Crippen molar-refractivity contribution in [2.45, 2.75) is 58.0 Å². The summed E-state index contributed by atoms with van der Waals surface area (Å²) < 4.78 is 5.96. The van der Waals surface area contributed by atoms with E-state index in [0.717, 1.165) is 31.4 Å². The molecule has 0 aromatic heterocycles. The second-order valence-electron chi connectivity index (χ2n) is 6.64. The van der Waals surface area contributed by atoms with E-state index in [1.165, 1.54) is 5.56 Å². The second-order valence-corrected chi connectivity index (χ2v) is 6.64. The molecule has 1 aromatic carbocycles. The highest BCUT2D eigenvalue weighted by Crippen LogP contribution is 2.32. The van der Waals surface area contributed by atoms with E-state index >= 15 is 0 Å². The van der Waals surface area contributed by atoms with E-state index in [2.05, 4.69) is 32.9 Å². The molecule has 1 aromatic rings. The minimum Gasteiger partial charge on any atom is -0.493 e. The summed E-state index contributed by atoms with van der Waals surface area (Å²) in [6, 6.07) is 8.27. The maximum Gasteiger partial charge on any atom is 0.123 e. The predicted molar refractivity (Wildman–Crippen MR) is 78.6 cm³/mol. The Labute approximate surface area is 116 Å². The van der Waals surface area contributed by atoms with E-state index in [4.69, 9.17) is 4.74 Å². The van der Waals surface area contributed by atoms with Gasteiger partial charge < -0.3 is 9.84 Å². The summed E-state index contributed by atoms with van der Waals surface area (Å²) in [5.41, 5.74) is 1.35. The van der Waals surface area contributed by atoms with Crippen molar-refractivity contribution in [2.24, 2.45) is 5.92 Å². The summed E-state index contributed by atoms with van der Waals surface area (Å²) in [7, 11) is 0. The standard InChI is InChI=1S/C17H26O2/c1-17(2,3)14-8-4-5-10-16(14)19-12-11-13-7-6-9-15(13)18/h4-5,8,10,13,15,18H,6-7,9,11-12H2,1-3H3. The quantitative estimate of drug-likeness (QED) is 0.891. The fourth-order valence-corrected chi connectivity index (χ4v) is 2.89. The van der Waals surface area contributed by atoms with Crippen LogP contribution in [0.2, 0.25) is 0 Å². The highest BCUT2D eigenvalue weighted by Gasteiger charge is 2.25. The molecule has 106 valence electrons. The van der Waals surface area contributed by atoms with Crippen molar-refractivity contribution in [3.8, 4) is 5.75 Å². The fourth-order valence-electron chi connectivity index (χ4n) is 2.89. The van der Waals surface area contributed by atoms with Crippen molar-refractivity contribution < 1.29 is 9.84 Å². The first-order valence-electron chi connectivity index (χ1n) is 7.39. The SMILES string of the molecule is CC(C)(C)c1ccccc1OCCC1CCCC1O. The van der Waals surface area contributed by atoms with Gasteiger partial charge in [0.25, 0.3) is 0 Å². The van der Waals surface area contributed by atoms with Gasteiger partial charge in [0.05, 0.1) is 12.7 Å². The van der Waals surface area contributed by atoms with Crippen molar-refractivity contribution in [1.82, 2.24) is 0 Å². The zero-order valence-corrected chi connectivity index (χ0v) is 12.4. The van der Waals surface area contributed by atoms with E-state index in [0.29, 0.717) is 12.5 Å². The summed E-state index contributed by atoms with van der Waals surface area (Å²) in [6.45, 7) is 7.32. The number of benzene rings is 1. The van der Waals surface area contributed by atoms with E-state index in [1.807, 2.05) is 12.1 Å². The predicted octanol–water partition coefficient (Wildman–Crippen LogP) is 3.91. The fraction of sp³-hybridized carbons (Fsp3) is 0.647. The molecular formula is C17H26O2. The lowest BCUT2D eigenvalue weighted by atomic mass is 9.86. The van der Waals surface area contributed by atoms with Crippen LogP contribution in [0.5, 0.6) is 5.75 Å². The van der Waals surface area contributed by atoms with Crippen LogP contribution in [-0.2, 0) is 5.41 Å². The highest BCUT2D eigenvalue weighted by atomic mass is 16.5. The van der Waals surface area contributed by atoms with E-state index in [-0.39, 0.29) is 11.5 Å². The third kappa shape index (κ3) is 3.73. The minimum absolute atomic E-state index is 0.101. The van der Waals surface area contributed by atoms with Crippen LogP contribution in [0.1, 0.15) is 52.0 Å². The second kappa shape index (κ2) is 5.96. The lowest BCUT2D eigenvalue weighted by Crippen LogP contribution is -2.17. The molecule has 2 atom stereocenters. The molecule has 1 aliphatic carbocycles. The third-order valence-electron chi connectivity index (χ3n) is 4.06. The highest BCUT2D eigenvalue weighted by molar-refractivity contribution is 5.38. The molecule has 2 rings (SSSR count). The van der Waals surface area contributed by atoms with Crippen molar-refractivity contribution in [3.05, 3.63) is 29.8 Å². The first kappa shape index (κ1) is 14.4. The summed E-state index contributed by atoms with van der Waals surface area (Å²) in [6.07, 6.45) is 4.11. The molecule has 1 aliphatic rings. The third-order valence-corrected chi connectivity index (χ3v) is 4.06. The molecular weight excluding hydrogens is 236 g/mol. The zero-order chi connectivity index (χ0) is 13.9. The first-order chi connectivity index (χ1) is 8.98. The number of ether oxygens (including phenoxy) is 1. The van der Waals surface area contributed by atoms with Gasteiger partial charge in [-0.05, 0) is 42.2 Å². The molecule has 19 heavy (non-hydrogen) atoms. The van der Waals surface area contributed by atoms with Crippen molar-refractivity contribution in [1.29, 1.82) is 0 Å². The molecule has 2 unspecified atom stereocenters. The summed E-state index contributed by atoms with van der Waals surface area (Å²) in [5.74, 6) is 1.42. The lowest BCUT2D eigenvalue weighted by molar-refractivity contribution is 0.116. The molecule has 0 amide bonds. The summed E-state index contributed by atoms with van der Waals surface area (Å²) >= 11 is 0. The van der Waals surface area contributed by atoms with E-state index in [1.54, 1.807) is 0 Å². The number of hydrogen-bond donors (Lipinski definition) is 1. The van der Waals surface area contributed by atoms with Gasteiger partial charge in [0.1, 0.15) is 5.75 Å². The van der Waals surface area contributed by atoms with Gasteiger partial charge in [-0.15, -0.1) is 0 Å². The van der Waals surface area contributed by atoms with Gasteiger partial charge in [-0.2, -0.15) is 0 Å². The van der Waals surface area contributed by atoms with Crippen molar-refractivity contribution >= 4 is 0 Å². The Morgan fingerprint density at radius 2 is 1.95 bits per heavy atom. The molecule has 1 saturated carbocycles. The number of aliphatic hydroxyl groups is 1. The van der Waals surface area contributed by atoms with Gasteiger partial charge in [-0.1, -0.05) is 45.4 Å². The number of para-hydroxylation sites is 1. The van der Waals surface area contributed by atoms with Crippen LogP contribution < -0.4 is 4.74 Å². The molecule has 1 fully saturated rings. The Morgan fingerprint density at radius 1 is 1.21 bits per heavy atom. The Bertz CT molecular complexity index is 406. The Kier molecular flexibility index (Phi) is 4.51. The van der Waals surface area contributed by atoms with Crippen molar-refractivity contribution in [3.63, 3.8) is 0 Å². The molecule has 0 radical (unpaired) electrons. The van der Waals surface area contributed by atoms with E-state index < -0.39 is 0 Å². The zero-order valence-electron chi connectivity index (χ0n) is 12.4. The van der Waals surface area contributed by atoms with Crippen LogP contribution in [0.4, 0.5) is 0 Å². The van der Waals surface area contributed by atoms with Gasteiger partial charge >= 0.3 is 0 Å². The Morgan fingerprint density at radius 3 is 2.58 bits per heavy atom. The lowest BCUT2D eigenvalue weighted by Gasteiger charge is -2.23. The molecule has 0 heterocycles. The van der Waals surface area contributed by atoms with Crippen LogP contribution in [0.15, 0.2) is 24.3 Å². The molecule has 0 aliphatic heterocycles. The molecule has 1 N–H and O–H groups in total. The van der Waals surface area contributed by atoms with Crippen LogP contribution in [0, 0.1) is 5.92 Å². The average Bonchev–Trinajstić information content (AvgIpc) is 2.75. The molecule has 2 heteroatoms. The topological polar surface area (TPSA) is 29.5 Å². The van der Waals surface area contributed by atoms with Crippen LogP contribution in [-0.4, -0.2) is 17.8 Å².